The highest BCUT2D eigenvalue weighted by Gasteiger charge is 2.14. The number of ether oxygens (including phenoxy) is 1. The highest BCUT2D eigenvalue weighted by molar-refractivity contribution is 5.88. The first-order chi connectivity index (χ1) is 9.08. The number of aryl methyl sites for hydroxylation is 1. The second kappa shape index (κ2) is 5.14. The third-order valence-corrected chi connectivity index (χ3v) is 3.13. The van der Waals surface area contributed by atoms with E-state index in [1.54, 1.807) is 18.7 Å². The molecule has 0 aliphatic carbocycles. The summed E-state index contributed by atoms with van der Waals surface area (Å²) in [6.45, 7) is 3.78. The average molecular weight is 260 g/mol. The van der Waals surface area contributed by atoms with Gasteiger partial charge in [-0.25, -0.2) is 9.48 Å². The molecule has 0 atom stereocenters. The lowest BCUT2D eigenvalue weighted by molar-refractivity contribution is 0.0696. The third-order valence-electron chi connectivity index (χ3n) is 3.13. The molecule has 2 rings (SSSR count). The van der Waals surface area contributed by atoms with Crippen molar-refractivity contribution in [1.29, 1.82) is 0 Å². The first-order valence-corrected chi connectivity index (χ1v) is 6.03. The minimum atomic E-state index is -0.965. The molecular formula is C14H16N2O3. The van der Waals surface area contributed by atoms with Crippen molar-refractivity contribution in [2.75, 3.05) is 7.11 Å². The molecule has 0 saturated carbocycles. The summed E-state index contributed by atoms with van der Waals surface area (Å²) < 4.78 is 6.90. The zero-order valence-electron chi connectivity index (χ0n) is 11.2. The van der Waals surface area contributed by atoms with E-state index in [0.29, 0.717) is 5.69 Å². The predicted octanol–water partition coefficient (Wildman–Crippen LogP) is 2.45. The van der Waals surface area contributed by atoms with Crippen LogP contribution in [0.5, 0.6) is 5.75 Å². The fourth-order valence-corrected chi connectivity index (χ4v) is 2.05. The van der Waals surface area contributed by atoms with Crippen molar-refractivity contribution in [3.05, 3.63) is 41.2 Å². The van der Waals surface area contributed by atoms with Crippen LogP contribution in [-0.4, -0.2) is 28.0 Å². The predicted molar refractivity (Wildman–Crippen MR) is 71.2 cm³/mol. The van der Waals surface area contributed by atoms with Crippen LogP contribution in [-0.2, 0) is 6.42 Å². The molecule has 1 aromatic heterocycles. The molecule has 0 aliphatic heterocycles. The molecule has 1 N–H and O–H groups in total. The highest BCUT2D eigenvalue weighted by Crippen LogP contribution is 2.23. The lowest BCUT2D eigenvalue weighted by Crippen LogP contribution is -2.03. The van der Waals surface area contributed by atoms with Crippen molar-refractivity contribution in [2.24, 2.45) is 0 Å². The van der Waals surface area contributed by atoms with Gasteiger partial charge in [-0.2, -0.15) is 5.10 Å². The number of aromatic carboxylic acids is 1. The Hall–Kier alpha value is -2.30. The summed E-state index contributed by atoms with van der Waals surface area (Å²) in [6, 6.07) is 5.70. The van der Waals surface area contributed by atoms with Crippen LogP contribution in [0.25, 0.3) is 5.69 Å². The van der Waals surface area contributed by atoms with E-state index in [-0.39, 0.29) is 5.56 Å². The first kappa shape index (κ1) is 13.1. The Kier molecular flexibility index (Phi) is 3.55. The van der Waals surface area contributed by atoms with Crippen LogP contribution in [0, 0.1) is 6.92 Å². The number of rotatable bonds is 4. The van der Waals surface area contributed by atoms with Gasteiger partial charge in [0.1, 0.15) is 11.3 Å². The third kappa shape index (κ3) is 2.31. The maximum Gasteiger partial charge on any atom is 0.339 e. The topological polar surface area (TPSA) is 64.4 Å². The minimum absolute atomic E-state index is 0.217. The maximum atomic E-state index is 11.0. The number of carbonyl (C=O) groups is 1. The number of hydrogen-bond acceptors (Lipinski definition) is 3. The van der Waals surface area contributed by atoms with Gasteiger partial charge in [-0.15, -0.1) is 0 Å². The number of benzene rings is 1. The molecule has 100 valence electrons. The average Bonchev–Trinajstić information content (AvgIpc) is 2.80. The highest BCUT2D eigenvalue weighted by atomic mass is 16.5. The monoisotopic (exact) mass is 260 g/mol. The summed E-state index contributed by atoms with van der Waals surface area (Å²) in [5.74, 6) is -0.137. The van der Waals surface area contributed by atoms with Crippen LogP contribution in [0.15, 0.2) is 24.4 Å². The van der Waals surface area contributed by atoms with E-state index in [4.69, 9.17) is 9.84 Å². The van der Waals surface area contributed by atoms with Gasteiger partial charge in [-0.3, -0.25) is 0 Å². The van der Waals surface area contributed by atoms with E-state index >= 15 is 0 Å². The van der Waals surface area contributed by atoms with Gasteiger partial charge in [0, 0.05) is 0 Å². The lowest BCUT2D eigenvalue weighted by Gasteiger charge is -2.10. The Labute approximate surface area is 111 Å². The standard InChI is InChI=1S/C14H16N2O3/c1-4-10-7-11(5-6-13(10)19-3)16-9(2)12(8-15-16)14(17)18/h5-8H,4H2,1-3H3,(H,17,18). The number of carboxylic acids is 1. The zero-order chi connectivity index (χ0) is 14.0. The molecule has 0 radical (unpaired) electrons. The Morgan fingerprint density at radius 1 is 1.47 bits per heavy atom. The number of nitrogens with zero attached hydrogens (tertiary/aromatic N) is 2. The van der Waals surface area contributed by atoms with Crippen LogP contribution in [0.2, 0.25) is 0 Å². The van der Waals surface area contributed by atoms with E-state index in [1.165, 1.54) is 6.20 Å². The van der Waals surface area contributed by atoms with Crippen LogP contribution in [0.1, 0.15) is 28.5 Å². The van der Waals surface area contributed by atoms with Gasteiger partial charge in [0.05, 0.1) is 24.7 Å². The van der Waals surface area contributed by atoms with Crippen molar-refractivity contribution in [1.82, 2.24) is 9.78 Å². The fraction of sp³-hybridized carbons (Fsp3) is 0.286. The largest absolute Gasteiger partial charge is 0.496 e. The van der Waals surface area contributed by atoms with E-state index in [0.717, 1.165) is 23.4 Å². The molecule has 1 aromatic carbocycles. The summed E-state index contributed by atoms with van der Waals surface area (Å²) in [5.41, 5.74) is 2.73. The number of carboxylic acid groups (broad SMARTS) is 1. The molecule has 0 fully saturated rings. The van der Waals surface area contributed by atoms with E-state index in [2.05, 4.69) is 5.10 Å². The molecule has 19 heavy (non-hydrogen) atoms. The Morgan fingerprint density at radius 3 is 2.74 bits per heavy atom. The fourth-order valence-electron chi connectivity index (χ4n) is 2.05. The van der Waals surface area contributed by atoms with Crippen molar-refractivity contribution >= 4 is 5.97 Å². The summed E-state index contributed by atoms with van der Waals surface area (Å²) in [5, 5.41) is 13.2. The van der Waals surface area contributed by atoms with Gasteiger partial charge in [-0.1, -0.05) is 6.92 Å². The molecular weight excluding hydrogens is 244 g/mol. The Bertz CT molecular complexity index is 617. The quantitative estimate of drug-likeness (QED) is 0.917. The minimum Gasteiger partial charge on any atom is -0.496 e. The molecule has 0 spiro atoms. The number of hydrogen-bond donors (Lipinski definition) is 1. The SMILES string of the molecule is CCc1cc(-n2ncc(C(=O)O)c2C)ccc1OC. The molecule has 5 nitrogen and oxygen atoms in total. The molecule has 0 aliphatic rings. The molecule has 1 heterocycles. The van der Waals surface area contributed by atoms with Crippen molar-refractivity contribution < 1.29 is 14.6 Å². The van der Waals surface area contributed by atoms with E-state index < -0.39 is 5.97 Å². The molecule has 5 heteroatoms. The van der Waals surface area contributed by atoms with Crippen LogP contribution in [0.4, 0.5) is 0 Å². The summed E-state index contributed by atoms with van der Waals surface area (Å²) in [7, 11) is 1.63. The van der Waals surface area contributed by atoms with E-state index in [1.807, 2.05) is 25.1 Å². The molecule has 0 unspecified atom stereocenters. The van der Waals surface area contributed by atoms with Gasteiger partial charge in [0.2, 0.25) is 0 Å². The maximum absolute atomic E-state index is 11.0. The molecule has 2 aromatic rings. The Morgan fingerprint density at radius 2 is 2.21 bits per heavy atom. The first-order valence-electron chi connectivity index (χ1n) is 6.03. The molecule has 0 amide bonds. The van der Waals surface area contributed by atoms with Gasteiger partial charge in [0.15, 0.2) is 0 Å². The summed E-state index contributed by atoms with van der Waals surface area (Å²) in [6.07, 6.45) is 2.20. The van der Waals surface area contributed by atoms with Crippen LogP contribution >= 0.6 is 0 Å². The van der Waals surface area contributed by atoms with Crippen molar-refractivity contribution in [2.45, 2.75) is 20.3 Å². The lowest BCUT2D eigenvalue weighted by atomic mass is 10.1. The van der Waals surface area contributed by atoms with Gasteiger partial charge >= 0.3 is 5.97 Å². The molecule has 0 bridgehead atoms. The normalized spacial score (nSPS) is 10.5. The smallest absolute Gasteiger partial charge is 0.339 e. The van der Waals surface area contributed by atoms with E-state index in [9.17, 15) is 4.79 Å². The van der Waals surface area contributed by atoms with Crippen LogP contribution in [0.3, 0.4) is 0 Å². The van der Waals surface area contributed by atoms with Gasteiger partial charge in [-0.05, 0) is 37.1 Å². The summed E-state index contributed by atoms with van der Waals surface area (Å²) in [4.78, 5) is 11.0. The molecule has 0 saturated heterocycles. The van der Waals surface area contributed by atoms with Gasteiger partial charge < -0.3 is 9.84 Å². The van der Waals surface area contributed by atoms with Crippen LogP contribution < -0.4 is 4.74 Å². The number of methoxy groups -OCH3 is 1. The Balaban J connectivity index is 2.50. The summed E-state index contributed by atoms with van der Waals surface area (Å²) >= 11 is 0. The van der Waals surface area contributed by atoms with Crippen molar-refractivity contribution in [3.8, 4) is 11.4 Å². The second-order valence-corrected chi connectivity index (χ2v) is 4.21. The second-order valence-electron chi connectivity index (χ2n) is 4.21. The van der Waals surface area contributed by atoms with Crippen molar-refractivity contribution in [3.63, 3.8) is 0 Å². The van der Waals surface area contributed by atoms with Gasteiger partial charge in [0.25, 0.3) is 0 Å². The number of aromatic nitrogens is 2. The zero-order valence-corrected chi connectivity index (χ0v) is 11.2.